The third-order valence-electron chi connectivity index (χ3n) is 4.54. The highest BCUT2D eigenvalue weighted by atomic mass is 16.3. The molecule has 1 amide bonds. The van der Waals surface area contributed by atoms with Gasteiger partial charge in [0.15, 0.2) is 0 Å². The molecule has 1 N–H and O–H groups in total. The Balaban J connectivity index is 2.11. The molecule has 1 unspecified atom stereocenters. The molecule has 0 spiro atoms. The maximum absolute atomic E-state index is 12.7. The van der Waals surface area contributed by atoms with E-state index in [4.69, 9.17) is 0 Å². The molecule has 0 aromatic carbocycles. The second-order valence-corrected chi connectivity index (χ2v) is 6.14. The molecule has 1 fully saturated rings. The first kappa shape index (κ1) is 16.0. The fourth-order valence-corrected chi connectivity index (χ4v) is 3.18. The van der Waals surface area contributed by atoms with E-state index in [0.29, 0.717) is 5.92 Å². The van der Waals surface area contributed by atoms with Crippen LogP contribution in [0.1, 0.15) is 54.9 Å². The number of nitrogens with zero attached hydrogens (tertiary/aromatic N) is 3. The lowest BCUT2D eigenvalue weighted by atomic mass is 9.92. The average molecular weight is 293 g/mol. The van der Waals surface area contributed by atoms with Crippen LogP contribution in [0.2, 0.25) is 0 Å². The van der Waals surface area contributed by atoms with Gasteiger partial charge in [-0.2, -0.15) is 5.10 Å². The number of aromatic nitrogens is 2. The predicted octanol–water partition coefficient (Wildman–Crippen LogP) is 2.14. The van der Waals surface area contributed by atoms with Crippen molar-refractivity contribution < 1.29 is 9.90 Å². The highest BCUT2D eigenvalue weighted by molar-refractivity contribution is 5.96. The van der Waals surface area contributed by atoms with Crippen molar-refractivity contribution in [1.82, 2.24) is 14.7 Å². The summed E-state index contributed by atoms with van der Waals surface area (Å²) in [4.78, 5) is 14.7. The first-order valence-electron chi connectivity index (χ1n) is 7.97. The van der Waals surface area contributed by atoms with Gasteiger partial charge < -0.3 is 10.0 Å². The number of aliphatic hydroxyl groups excluding tert-OH is 1. The summed E-state index contributed by atoms with van der Waals surface area (Å²) in [5.74, 6) is 0.412. The summed E-state index contributed by atoms with van der Waals surface area (Å²) < 4.78 is 1.94. The van der Waals surface area contributed by atoms with Gasteiger partial charge in [0.2, 0.25) is 0 Å². The topological polar surface area (TPSA) is 58.4 Å². The summed E-state index contributed by atoms with van der Waals surface area (Å²) in [5, 5.41) is 14.1. The molecular weight excluding hydrogens is 266 g/mol. The van der Waals surface area contributed by atoms with E-state index in [1.165, 1.54) is 0 Å². The zero-order valence-electron chi connectivity index (χ0n) is 13.6. The summed E-state index contributed by atoms with van der Waals surface area (Å²) in [7, 11) is 0. The Morgan fingerprint density at radius 2 is 2.00 bits per heavy atom. The van der Waals surface area contributed by atoms with Gasteiger partial charge >= 0.3 is 0 Å². The first-order valence-corrected chi connectivity index (χ1v) is 7.97. The number of amides is 1. The molecule has 0 radical (unpaired) electrons. The van der Waals surface area contributed by atoms with E-state index in [9.17, 15) is 9.90 Å². The third-order valence-corrected chi connectivity index (χ3v) is 4.54. The van der Waals surface area contributed by atoms with Crippen molar-refractivity contribution in [2.45, 2.75) is 59.6 Å². The smallest absolute Gasteiger partial charge is 0.257 e. The maximum atomic E-state index is 12.7. The molecule has 1 aliphatic rings. The van der Waals surface area contributed by atoms with Crippen molar-refractivity contribution in [3.8, 4) is 0 Å². The monoisotopic (exact) mass is 293 g/mol. The van der Waals surface area contributed by atoms with Crippen LogP contribution >= 0.6 is 0 Å². The van der Waals surface area contributed by atoms with Gasteiger partial charge in [0.05, 0.1) is 17.4 Å². The lowest BCUT2D eigenvalue weighted by molar-refractivity contribution is 0.0520. The predicted molar refractivity (Wildman–Crippen MR) is 82.3 cm³/mol. The van der Waals surface area contributed by atoms with Crippen LogP contribution in [0.3, 0.4) is 0 Å². The van der Waals surface area contributed by atoms with E-state index < -0.39 is 0 Å². The molecule has 5 nitrogen and oxygen atoms in total. The van der Waals surface area contributed by atoms with Crippen molar-refractivity contribution >= 4 is 5.91 Å². The molecule has 2 rings (SSSR count). The van der Waals surface area contributed by atoms with Gasteiger partial charge in [-0.25, -0.2) is 0 Å². The largest absolute Gasteiger partial charge is 0.393 e. The standard InChI is InChI=1S/C16H27N3O2/c1-5-8-19-12(3)15(11(2)17-19)16(21)18-9-6-14(7-10-18)13(4)20/h13-14,20H,5-10H2,1-4H3. The van der Waals surface area contributed by atoms with Crippen molar-refractivity contribution in [2.24, 2.45) is 5.92 Å². The zero-order valence-corrected chi connectivity index (χ0v) is 13.6. The zero-order chi connectivity index (χ0) is 15.6. The van der Waals surface area contributed by atoms with Crippen LogP contribution in [0.25, 0.3) is 0 Å². The molecule has 1 aliphatic heterocycles. The SMILES string of the molecule is CCCn1nc(C)c(C(=O)N2CCC(C(C)O)CC2)c1C. The van der Waals surface area contributed by atoms with E-state index in [1.807, 2.05) is 30.4 Å². The van der Waals surface area contributed by atoms with E-state index in [2.05, 4.69) is 12.0 Å². The second-order valence-electron chi connectivity index (χ2n) is 6.14. The van der Waals surface area contributed by atoms with Crippen molar-refractivity contribution in [3.63, 3.8) is 0 Å². The molecule has 2 heterocycles. The Labute approximate surface area is 126 Å². The molecule has 118 valence electrons. The van der Waals surface area contributed by atoms with Crippen molar-refractivity contribution in [2.75, 3.05) is 13.1 Å². The molecule has 1 atom stereocenters. The van der Waals surface area contributed by atoms with Gasteiger partial charge in [-0.15, -0.1) is 0 Å². The molecule has 1 aromatic rings. The second kappa shape index (κ2) is 6.60. The number of hydrogen-bond acceptors (Lipinski definition) is 3. The van der Waals surface area contributed by atoms with Crippen LogP contribution in [-0.4, -0.2) is 44.9 Å². The molecule has 5 heteroatoms. The Morgan fingerprint density at radius 1 is 1.38 bits per heavy atom. The Bertz CT molecular complexity index is 500. The molecule has 1 aromatic heterocycles. The van der Waals surface area contributed by atoms with E-state index in [-0.39, 0.29) is 12.0 Å². The molecule has 0 bridgehead atoms. The van der Waals surface area contributed by atoms with E-state index >= 15 is 0 Å². The number of rotatable bonds is 4. The Hall–Kier alpha value is -1.36. The van der Waals surface area contributed by atoms with Crippen molar-refractivity contribution in [3.05, 3.63) is 17.0 Å². The maximum Gasteiger partial charge on any atom is 0.257 e. The van der Waals surface area contributed by atoms with Gasteiger partial charge in [-0.3, -0.25) is 9.48 Å². The number of likely N-dealkylation sites (tertiary alicyclic amines) is 1. The number of carbonyl (C=O) groups is 1. The average Bonchev–Trinajstić information content (AvgIpc) is 2.73. The quantitative estimate of drug-likeness (QED) is 0.925. The van der Waals surface area contributed by atoms with Gasteiger partial charge in [-0.05, 0) is 46.0 Å². The number of hydrogen-bond donors (Lipinski definition) is 1. The van der Waals surface area contributed by atoms with E-state index in [0.717, 1.165) is 55.8 Å². The lowest BCUT2D eigenvalue weighted by Gasteiger charge is -2.33. The van der Waals surface area contributed by atoms with Crippen LogP contribution in [0.4, 0.5) is 0 Å². The summed E-state index contributed by atoms with van der Waals surface area (Å²) in [6.07, 6.45) is 2.49. The van der Waals surface area contributed by atoms with Crippen LogP contribution in [0, 0.1) is 19.8 Å². The fraction of sp³-hybridized carbons (Fsp3) is 0.750. The number of piperidine rings is 1. The molecule has 0 aliphatic carbocycles. The van der Waals surface area contributed by atoms with Gasteiger partial charge in [0, 0.05) is 25.3 Å². The van der Waals surface area contributed by atoms with Crippen LogP contribution < -0.4 is 0 Å². The first-order chi connectivity index (χ1) is 9.95. The number of carbonyl (C=O) groups excluding carboxylic acids is 1. The highest BCUT2D eigenvalue weighted by Crippen LogP contribution is 2.23. The Kier molecular flexibility index (Phi) is 5.04. The summed E-state index contributed by atoms with van der Waals surface area (Å²) in [6.45, 7) is 10.1. The summed E-state index contributed by atoms with van der Waals surface area (Å²) in [6, 6.07) is 0. The lowest BCUT2D eigenvalue weighted by Crippen LogP contribution is -2.41. The minimum Gasteiger partial charge on any atom is -0.393 e. The highest BCUT2D eigenvalue weighted by Gasteiger charge is 2.28. The Morgan fingerprint density at radius 3 is 2.52 bits per heavy atom. The number of aliphatic hydroxyl groups is 1. The summed E-state index contributed by atoms with van der Waals surface area (Å²) >= 11 is 0. The van der Waals surface area contributed by atoms with Crippen LogP contribution in [0.15, 0.2) is 0 Å². The normalized spacial score (nSPS) is 18.0. The van der Waals surface area contributed by atoms with Crippen molar-refractivity contribution in [1.29, 1.82) is 0 Å². The fourth-order valence-electron chi connectivity index (χ4n) is 3.18. The van der Waals surface area contributed by atoms with Crippen LogP contribution in [0.5, 0.6) is 0 Å². The number of aryl methyl sites for hydroxylation is 2. The van der Waals surface area contributed by atoms with Gasteiger partial charge in [-0.1, -0.05) is 6.92 Å². The van der Waals surface area contributed by atoms with Gasteiger partial charge in [0.25, 0.3) is 5.91 Å². The molecule has 21 heavy (non-hydrogen) atoms. The third kappa shape index (κ3) is 3.28. The molecule has 0 saturated carbocycles. The van der Waals surface area contributed by atoms with E-state index in [1.54, 1.807) is 0 Å². The summed E-state index contributed by atoms with van der Waals surface area (Å²) in [5.41, 5.74) is 2.56. The van der Waals surface area contributed by atoms with Crippen LogP contribution in [-0.2, 0) is 6.54 Å². The minimum absolute atomic E-state index is 0.0939. The molecular formula is C16H27N3O2. The molecule has 1 saturated heterocycles. The minimum atomic E-state index is -0.280. The van der Waals surface area contributed by atoms with Gasteiger partial charge in [0.1, 0.15) is 0 Å².